The fraction of sp³-hybridized carbons (Fsp3) is 0.395. The Morgan fingerprint density at radius 2 is 1.75 bits per heavy atom. The quantitative estimate of drug-likeness (QED) is 0.0961. The standard InChI is InChI=1S/C43H46Cl2F2N2O7/c1-3-33(44)32(34(45)4-2)22-36(29-15-16-35(56-43(46)47)37(21-29)53-25-26-13-14-26)54-41(51)31-12-8-11-30(40(31)50)23-48-39(28-9-6-5-7-10-28)42(52)55-38-24-49-19-17-27(38)18-20-49/h3-12,15-16,21,26-27,36,38-39,43,48,50H,1,13-14,17-20,22-25H2,2H3/b33-32+,34-4+/t36-,38-,39?/m0/s1. The zero-order valence-corrected chi connectivity index (χ0v) is 32.6. The molecule has 2 bridgehead atoms. The molecule has 3 heterocycles. The van der Waals surface area contributed by atoms with E-state index in [2.05, 4.69) is 16.8 Å². The molecule has 13 heteroatoms. The summed E-state index contributed by atoms with van der Waals surface area (Å²) in [6.45, 7) is 5.43. The molecule has 3 saturated heterocycles. The highest BCUT2D eigenvalue weighted by molar-refractivity contribution is 6.36. The van der Waals surface area contributed by atoms with Crippen LogP contribution in [0.4, 0.5) is 8.78 Å². The molecule has 56 heavy (non-hydrogen) atoms. The Bertz CT molecular complexity index is 1930. The van der Waals surface area contributed by atoms with Crippen LogP contribution in [0.15, 0.2) is 101 Å². The van der Waals surface area contributed by atoms with Crippen LogP contribution in [-0.4, -0.2) is 60.9 Å². The highest BCUT2D eigenvalue weighted by Gasteiger charge is 2.38. The number of esters is 2. The molecule has 0 aromatic heterocycles. The van der Waals surface area contributed by atoms with Crippen molar-refractivity contribution in [2.24, 2.45) is 11.8 Å². The zero-order chi connectivity index (χ0) is 39.8. The number of benzene rings is 3. The maximum absolute atomic E-state index is 14.0. The number of ether oxygens (including phenoxy) is 4. The Morgan fingerprint density at radius 1 is 1.00 bits per heavy atom. The Balaban J connectivity index is 1.25. The molecule has 0 amide bonds. The first-order valence-corrected chi connectivity index (χ1v) is 19.6. The lowest BCUT2D eigenvalue weighted by Gasteiger charge is -2.44. The van der Waals surface area contributed by atoms with E-state index >= 15 is 0 Å². The molecular weight excluding hydrogens is 765 g/mol. The van der Waals surface area contributed by atoms with Crippen molar-refractivity contribution < 1.29 is 42.4 Å². The SMILES string of the molecule is C=C/C(Cl)=C(C[C@H](OC(=O)c1cccc(CNC(C(=O)O[C@H]2CN3CCC2CC3)c2ccccc2)c1O)c1ccc(OC(F)F)c(OCC2CC2)c1)\C(Cl)=C/C. The van der Waals surface area contributed by atoms with Gasteiger partial charge < -0.3 is 24.1 Å². The molecule has 3 aromatic rings. The molecule has 0 spiro atoms. The van der Waals surface area contributed by atoms with Gasteiger partial charge >= 0.3 is 18.6 Å². The van der Waals surface area contributed by atoms with Crippen LogP contribution >= 0.6 is 23.2 Å². The fourth-order valence-electron chi connectivity index (χ4n) is 7.09. The largest absolute Gasteiger partial charge is 0.507 e. The number of hydrogen-bond donors (Lipinski definition) is 2. The number of nitrogens with zero attached hydrogens (tertiary/aromatic N) is 1. The Hall–Kier alpha value is -4.42. The lowest BCUT2D eigenvalue weighted by atomic mass is 9.86. The lowest BCUT2D eigenvalue weighted by Crippen LogP contribution is -2.52. The number of fused-ring (bicyclic) bond motifs is 3. The monoisotopic (exact) mass is 810 g/mol. The summed E-state index contributed by atoms with van der Waals surface area (Å²) in [5.74, 6) is -1.11. The van der Waals surface area contributed by atoms with E-state index in [1.807, 2.05) is 30.3 Å². The maximum atomic E-state index is 14.0. The van der Waals surface area contributed by atoms with Gasteiger partial charge in [0.1, 0.15) is 29.6 Å². The lowest BCUT2D eigenvalue weighted by molar-refractivity contribution is -0.161. The van der Waals surface area contributed by atoms with Crippen molar-refractivity contribution in [1.29, 1.82) is 0 Å². The summed E-state index contributed by atoms with van der Waals surface area (Å²) in [7, 11) is 0. The van der Waals surface area contributed by atoms with Crippen LogP contribution in [0.3, 0.4) is 0 Å². The summed E-state index contributed by atoms with van der Waals surface area (Å²) in [5, 5.41) is 15.2. The zero-order valence-electron chi connectivity index (χ0n) is 31.1. The van der Waals surface area contributed by atoms with Gasteiger partial charge in [-0.15, -0.1) is 0 Å². The highest BCUT2D eigenvalue weighted by Crippen LogP contribution is 2.40. The molecule has 0 radical (unpaired) electrons. The second-order valence-electron chi connectivity index (χ2n) is 14.3. The number of rotatable bonds is 18. The van der Waals surface area contributed by atoms with Crippen LogP contribution in [0.5, 0.6) is 17.2 Å². The number of aromatic hydroxyl groups is 1. The van der Waals surface area contributed by atoms with Crippen LogP contribution in [0.25, 0.3) is 0 Å². The van der Waals surface area contributed by atoms with Crippen molar-refractivity contribution in [3.63, 3.8) is 0 Å². The summed E-state index contributed by atoms with van der Waals surface area (Å²) in [6, 6.07) is 17.3. The molecule has 3 aliphatic heterocycles. The van der Waals surface area contributed by atoms with Crippen molar-refractivity contribution in [3.8, 4) is 17.2 Å². The predicted octanol–water partition coefficient (Wildman–Crippen LogP) is 9.36. The van der Waals surface area contributed by atoms with E-state index in [9.17, 15) is 23.5 Å². The van der Waals surface area contributed by atoms with E-state index in [1.165, 1.54) is 30.3 Å². The van der Waals surface area contributed by atoms with Gasteiger partial charge in [0.25, 0.3) is 0 Å². The van der Waals surface area contributed by atoms with Crippen LogP contribution in [0.1, 0.15) is 78.2 Å². The van der Waals surface area contributed by atoms with Gasteiger partial charge in [0.2, 0.25) is 0 Å². The minimum Gasteiger partial charge on any atom is -0.507 e. The molecular formula is C43H46Cl2F2N2O7. The molecule has 4 aliphatic rings. The number of para-hydroxylation sites is 1. The average molecular weight is 812 g/mol. The summed E-state index contributed by atoms with van der Waals surface area (Å²) in [5.41, 5.74) is 1.69. The van der Waals surface area contributed by atoms with E-state index in [1.54, 1.807) is 25.1 Å². The van der Waals surface area contributed by atoms with E-state index < -0.39 is 30.7 Å². The summed E-state index contributed by atoms with van der Waals surface area (Å²) < 4.78 is 49.4. The predicted molar refractivity (Wildman–Crippen MR) is 210 cm³/mol. The van der Waals surface area contributed by atoms with Gasteiger partial charge in [-0.1, -0.05) is 90.5 Å². The van der Waals surface area contributed by atoms with E-state index in [0.717, 1.165) is 38.8 Å². The summed E-state index contributed by atoms with van der Waals surface area (Å²) in [6.07, 6.45) is 5.64. The van der Waals surface area contributed by atoms with Gasteiger partial charge in [-0.2, -0.15) is 8.78 Å². The van der Waals surface area contributed by atoms with Crippen molar-refractivity contribution in [1.82, 2.24) is 10.2 Å². The summed E-state index contributed by atoms with van der Waals surface area (Å²) in [4.78, 5) is 30.0. The second kappa shape index (κ2) is 19.1. The molecule has 3 aromatic carbocycles. The van der Waals surface area contributed by atoms with Crippen LogP contribution in [0.2, 0.25) is 0 Å². The third kappa shape index (κ3) is 10.5. The third-order valence-corrected chi connectivity index (χ3v) is 11.3. The molecule has 298 valence electrons. The highest BCUT2D eigenvalue weighted by atomic mass is 35.5. The normalized spacial score (nSPS) is 20.8. The minimum absolute atomic E-state index is 0.0112. The number of carbonyl (C=O) groups is 2. The van der Waals surface area contributed by atoms with Crippen molar-refractivity contribution in [3.05, 3.63) is 123 Å². The molecule has 9 nitrogen and oxygen atoms in total. The van der Waals surface area contributed by atoms with Crippen LogP contribution in [0, 0.1) is 11.8 Å². The van der Waals surface area contributed by atoms with Crippen molar-refractivity contribution >= 4 is 35.1 Å². The Kier molecular flexibility index (Phi) is 14.1. The topological polar surface area (TPSA) is 107 Å². The number of alkyl halides is 2. The Morgan fingerprint density at radius 3 is 2.39 bits per heavy atom. The smallest absolute Gasteiger partial charge is 0.387 e. The fourth-order valence-corrected chi connectivity index (χ4v) is 7.50. The second-order valence-corrected chi connectivity index (χ2v) is 15.1. The number of carbonyl (C=O) groups excluding carboxylic acids is 2. The van der Waals surface area contributed by atoms with Gasteiger partial charge in [-0.3, -0.25) is 10.2 Å². The average Bonchev–Trinajstić information content (AvgIpc) is 4.04. The number of phenols is 1. The Labute approximate surface area is 335 Å². The van der Waals surface area contributed by atoms with Gasteiger partial charge in [-0.05, 0) is 92.4 Å². The first-order valence-electron chi connectivity index (χ1n) is 18.8. The van der Waals surface area contributed by atoms with Gasteiger partial charge in [0.15, 0.2) is 11.5 Å². The third-order valence-electron chi connectivity index (χ3n) is 10.4. The molecule has 3 atom stereocenters. The van der Waals surface area contributed by atoms with Crippen molar-refractivity contribution in [2.75, 3.05) is 26.2 Å². The number of phenolic OH excluding ortho intramolecular Hbond substituents is 1. The van der Waals surface area contributed by atoms with Gasteiger partial charge in [-0.25, -0.2) is 9.59 Å². The molecule has 2 N–H and O–H groups in total. The van der Waals surface area contributed by atoms with Crippen molar-refractivity contribution in [2.45, 2.75) is 70.4 Å². The first kappa shape index (κ1) is 41.2. The van der Waals surface area contributed by atoms with E-state index in [0.29, 0.717) is 47.3 Å². The van der Waals surface area contributed by atoms with Gasteiger partial charge in [0.05, 0.1) is 6.61 Å². The number of halogens is 4. The van der Waals surface area contributed by atoms with E-state index in [4.69, 9.17) is 42.1 Å². The minimum atomic E-state index is -3.09. The molecule has 1 aliphatic carbocycles. The molecule has 7 rings (SSSR count). The van der Waals surface area contributed by atoms with E-state index in [-0.39, 0.29) is 51.9 Å². The molecule has 1 unspecified atom stereocenters. The number of piperidine rings is 3. The molecule has 4 fully saturated rings. The van der Waals surface area contributed by atoms with Gasteiger partial charge in [0, 0.05) is 35.1 Å². The number of nitrogens with one attached hydrogen (secondary N) is 1. The van der Waals surface area contributed by atoms with Crippen LogP contribution in [-0.2, 0) is 20.8 Å². The number of hydrogen-bond acceptors (Lipinski definition) is 9. The number of allylic oxidation sites excluding steroid dienone is 4. The van der Waals surface area contributed by atoms with Crippen LogP contribution < -0.4 is 14.8 Å². The molecule has 1 saturated carbocycles. The maximum Gasteiger partial charge on any atom is 0.387 e. The summed E-state index contributed by atoms with van der Waals surface area (Å²) >= 11 is 13.1. The first-order chi connectivity index (χ1) is 27.0.